The van der Waals surface area contributed by atoms with Crippen molar-refractivity contribution in [2.45, 2.75) is 17.1 Å². The maximum absolute atomic E-state index is 10.8. The maximum atomic E-state index is 10.8. The molecule has 0 aromatic heterocycles. The first-order valence-electron chi connectivity index (χ1n) is 3.37. The molecule has 0 aliphatic rings. The molecule has 12 heavy (non-hydrogen) atoms. The van der Waals surface area contributed by atoms with Crippen molar-refractivity contribution in [3.63, 3.8) is 0 Å². The molecule has 0 aromatic carbocycles. The van der Waals surface area contributed by atoms with Gasteiger partial charge in [0, 0.05) is 11.0 Å². The lowest BCUT2D eigenvalue weighted by Crippen LogP contribution is -2.17. The third-order valence-electron chi connectivity index (χ3n) is 0.997. The summed E-state index contributed by atoms with van der Waals surface area (Å²) < 4.78 is 4.73. The van der Waals surface area contributed by atoms with E-state index in [1.165, 1.54) is 0 Å². The molecule has 0 rings (SSSR count). The first-order chi connectivity index (χ1) is 5.56. The maximum Gasteiger partial charge on any atom is 0.309 e. The van der Waals surface area contributed by atoms with E-state index >= 15 is 0 Å². The number of carbonyl (C=O) groups excluding carboxylic acids is 1. The van der Waals surface area contributed by atoms with Gasteiger partial charge in [-0.3, -0.25) is 4.79 Å². The van der Waals surface area contributed by atoms with E-state index in [9.17, 15) is 4.79 Å². The van der Waals surface area contributed by atoms with E-state index in [1.54, 1.807) is 0 Å². The van der Waals surface area contributed by atoms with Crippen molar-refractivity contribution in [1.82, 2.24) is 0 Å². The predicted octanol–water partition coefficient (Wildman–Crippen LogP) is 0.396. The van der Waals surface area contributed by atoms with Gasteiger partial charge in [0.15, 0.2) is 0 Å². The van der Waals surface area contributed by atoms with Gasteiger partial charge in [0.05, 0.1) is 6.42 Å². The largest absolute Gasteiger partial charge is 0.464 e. The number of esters is 1. The monoisotopic (exact) mass is 228 g/mol. The van der Waals surface area contributed by atoms with Crippen LogP contribution in [0.25, 0.3) is 0 Å². The Kier molecular flexibility index (Phi) is 7.22. The van der Waals surface area contributed by atoms with Crippen LogP contribution >= 0.6 is 37.9 Å². The van der Waals surface area contributed by atoms with Gasteiger partial charge in [0.2, 0.25) is 0 Å². The Hall–Kier alpha value is 0.480. The van der Waals surface area contributed by atoms with Gasteiger partial charge in [0.1, 0.15) is 12.0 Å². The number of thiol groups is 3. The fraction of sp³-hybridized carbons (Fsp3) is 0.833. The van der Waals surface area contributed by atoms with Gasteiger partial charge in [-0.25, -0.2) is 0 Å². The number of rotatable bonds is 5. The Morgan fingerprint density at radius 2 is 2.08 bits per heavy atom. The Morgan fingerprint density at radius 1 is 1.50 bits per heavy atom. The van der Waals surface area contributed by atoms with Crippen LogP contribution in [0.2, 0.25) is 0 Å². The highest BCUT2D eigenvalue weighted by Gasteiger charge is 2.09. The van der Waals surface area contributed by atoms with Gasteiger partial charge in [-0.05, 0) is 0 Å². The van der Waals surface area contributed by atoms with E-state index in [0.29, 0.717) is 5.75 Å². The second-order valence-corrected chi connectivity index (χ2v) is 3.90. The molecule has 72 valence electrons. The molecule has 0 amide bonds. The highest BCUT2D eigenvalue weighted by atomic mass is 32.1. The molecule has 0 bridgehead atoms. The first-order valence-corrected chi connectivity index (χ1v) is 5.03. The second kappa shape index (κ2) is 6.94. The molecular formula is C6H12O3S3. The van der Waals surface area contributed by atoms with Crippen LogP contribution in [-0.4, -0.2) is 34.1 Å². The van der Waals surface area contributed by atoms with Crippen molar-refractivity contribution in [2.24, 2.45) is 0 Å². The summed E-state index contributed by atoms with van der Waals surface area (Å²) >= 11 is 11.6. The third kappa shape index (κ3) is 7.15. The zero-order valence-corrected chi connectivity index (χ0v) is 9.06. The highest BCUT2D eigenvalue weighted by molar-refractivity contribution is 7.84. The van der Waals surface area contributed by atoms with Crippen LogP contribution < -0.4 is 0 Å². The zero-order valence-electron chi connectivity index (χ0n) is 6.38. The molecule has 0 saturated carbocycles. The summed E-state index contributed by atoms with van der Waals surface area (Å²) in [6, 6.07) is 0. The minimum Gasteiger partial charge on any atom is -0.464 e. The molecule has 3 nitrogen and oxygen atoms in total. The molecule has 2 unspecified atom stereocenters. The van der Waals surface area contributed by atoms with Crippen LogP contribution in [0.1, 0.15) is 6.42 Å². The van der Waals surface area contributed by atoms with Crippen LogP contribution in [0.3, 0.4) is 0 Å². The van der Waals surface area contributed by atoms with Crippen molar-refractivity contribution in [2.75, 3.05) is 12.4 Å². The average molecular weight is 228 g/mol. The average Bonchev–Trinajstić information content (AvgIpc) is 1.99. The molecule has 0 radical (unpaired) electrons. The van der Waals surface area contributed by atoms with E-state index in [2.05, 4.69) is 37.9 Å². The van der Waals surface area contributed by atoms with Gasteiger partial charge < -0.3 is 9.84 Å². The first kappa shape index (κ1) is 12.5. The fourth-order valence-corrected chi connectivity index (χ4v) is 0.779. The molecule has 0 fully saturated rings. The predicted molar refractivity (Wildman–Crippen MR) is 57.2 cm³/mol. The molecule has 0 spiro atoms. The molecule has 0 aromatic rings. The fourth-order valence-electron chi connectivity index (χ4n) is 0.450. The quantitative estimate of drug-likeness (QED) is 0.313. The zero-order chi connectivity index (χ0) is 9.56. The summed E-state index contributed by atoms with van der Waals surface area (Å²) in [6.07, 6.45) is -0.101. The van der Waals surface area contributed by atoms with E-state index in [-0.39, 0.29) is 18.3 Å². The van der Waals surface area contributed by atoms with E-state index in [0.717, 1.165) is 0 Å². The number of aliphatic hydroxyl groups excluding tert-OH is 1. The van der Waals surface area contributed by atoms with Gasteiger partial charge >= 0.3 is 5.97 Å². The minimum absolute atomic E-state index is 0.0608. The Morgan fingerprint density at radius 3 is 2.50 bits per heavy atom. The van der Waals surface area contributed by atoms with Crippen LogP contribution in [0.4, 0.5) is 0 Å². The lowest BCUT2D eigenvalue weighted by Gasteiger charge is -2.08. The Labute approximate surface area is 88.1 Å². The highest BCUT2D eigenvalue weighted by Crippen LogP contribution is 2.02. The third-order valence-corrected chi connectivity index (χ3v) is 2.24. The SMILES string of the molecule is O=C(CC(O)S)OCC(S)CS. The van der Waals surface area contributed by atoms with Gasteiger partial charge in [-0.2, -0.15) is 25.3 Å². The standard InChI is InChI=1S/C6H12O3S3/c7-5(1-6(8)12)9-2-4(11)3-10/h4,6,8,10-12H,1-3H2. The molecule has 0 aliphatic carbocycles. The van der Waals surface area contributed by atoms with Crippen molar-refractivity contribution < 1.29 is 14.6 Å². The molecular weight excluding hydrogens is 216 g/mol. The second-order valence-electron chi connectivity index (χ2n) is 2.20. The molecule has 0 aliphatic heterocycles. The summed E-state index contributed by atoms with van der Waals surface area (Å²) in [6.45, 7) is 0.214. The lowest BCUT2D eigenvalue weighted by atomic mass is 10.4. The molecule has 2 atom stereocenters. The Bertz CT molecular complexity index is 140. The van der Waals surface area contributed by atoms with Crippen molar-refractivity contribution in [3.05, 3.63) is 0 Å². The number of aliphatic hydroxyl groups is 1. The minimum atomic E-state index is -0.952. The van der Waals surface area contributed by atoms with Crippen LogP contribution in [-0.2, 0) is 9.53 Å². The van der Waals surface area contributed by atoms with Gasteiger partial charge in [0.25, 0.3) is 0 Å². The van der Waals surface area contributed by atoms with E-state index in [4.69, 9.17) is 9.84 Å². The molecule has 0 saturated heterocycles. The van der Waals surface area contributed by atoms with Gasteiger partial charge in [-0.1, -0.05) is 0 Å². The molecule has 6 heteroatoms. The summed E-state index contributed by atoms with van der Waals surface area (Å²) in [5, 5.41) is 8.61. The summed E-state index contributed by atoms with van der Waals surface area (Å²) in [7, 11) is 0. The topological polar surface area (TPSA) is 46.5 Å². The number of hydrogen-bond acceptors (Lipinski definition) is 6. The number of ether oxygens (including phenoxy) is 1. The van der Waals surface area contributed by atoms with E-state index < -0.39 is 11.4 Å². The molecule has 0 heterocycles. The smallest absolute Gasteiger partial charge is 0.309 e. The summed E-state index contributed by atoms with van der Waals surface area (Å²) in [5.41, 5.74) is -0.952. The normalized spacial score (nSPS) is 15.3. The number of hydrogen-bond donors (Lipinski definition) is 4. The lowest BCUT2D eigenvalue weighted by molar-refractivity contribution is -0.144. The van der Waals surface area contributed by atoms with Crippen LogP contribution in [0.15, 0.2) is 0 Å². The van der Waals surface area contributed by atoms with Crippen LogP contribution in [0.5, 0.6) is 0 Å². The number of carbonyl (C=O) groups is 1. The van der Waals surface area contributed by atoms with Crippen LogP contribution in [0, 0.1) is 0 Å². The van der Waals surface area contributed by atoms with Gasteiger partial charge in [-0.15, -0.1) is 12.6 Å². The van der Waals surface area contributed by atoms with Crippen molar-refractivity contribution in [3.8, 4) is 0 Å². The van der Waals surface area contributed by atoms with E-state index in [1.807, 2.05) is 0 Å². The summed E-state index contributed by atoms with van der Waals surface area (Å²) in [4.78, 5) is 10.8. The summed E-state index contributed by atoms with van der Waals surface area (Å²) in [5.74, 6) is 0.0677. The van der Waals surface area contributed by atoms with Crippen molar-refractivity contribution in [1.29, 1.82) is 0 Å². The van der Waals surface area contributed by atoms with Crippen molar-refractivity contribution >= 4 is 43.9 Å². The Balaban J connectivity index is 3.44. The molecule has 1 N–H and O–H groups in total.